The molecule has 5 heteroatoms. The molecule has 0 unspecified atom stereocenters. The van der Waals surface area contributed by atoms with Gasteiger partial charge in [0.2, 0.25) is 0 Å². The Labute approximate surface area is 136 Å². The molecule has 0 aliphatic carbocycles. The summed E-state index contributed by atoms with van der Waals surface area (Å²) in [6, 6.07) is 21.8. The van der Waals surface area contributed by atoms with Crippen LogP contribution in [0.4, 0.5) is 5.69 Å². The first-order valence-corrected chi connectivity index (χ1v) is 8.64. The normalized spacial score (nSPS) is 11.1. The van der Waals surface area contributed by atoms with E-state index in [-0.39, 0.29) is 11.4 Å². The molecular formula is C18H16N2O2S. The van der Waals surface area contributed by atoms with Crippen LogP contribution < -0.4 is 4.31 Å². The van der Waals surface area contributed by atoms with Crippen LogP contribution in [0.5, 0.6) is 0 Å². The monoisotopic (exact) mass is 324 g/mol. The fourth-order valence-corrected chi connectivity index (χ4v) is 3.70. The van der Waals surface area contributed by atoms with E-state index in [0.29, 0.717) is 5.69 Å². The lowest BCUT2D eigenvalue weighted by Gasteiger charge is -2.24. The van der Waals surface area contributed by atoms with E-state index in [1.807, 2.05) is 48.5 Å². The lowest BCUT2D eigenvalue weighted by Crippen LogP contribution is -2.30. The Kier molecular flexibility index (Phi) is 4.39. The van der Waals surface area contributed by atoms with Gasteiger partial charge in [-0.25, -0.2) is 8.42 Å². The third-order valence-electron chi connectivity index (χ3n) is 3.44. The molecular weight excluding hydrogens is 308 g/mol. The lowest BCUT2D eigenvalue weighted by molar-refractivity contribution is 0.590. The molecule has 2 aromatic carbocycles. The first kappa shape index (κ1) is 15.2. The van der Waals surface area contributed by atoms with Crippen molar-refractivity contribution in [2.24, 2.45) is 0 Å². The molecule has 0 fully saturated rings. The molecule has 1 aromatic heterocycles. The first-order valence-electron chi connectivity index (χ1n) is 7.20. The van der Waals surface area contributed by atoms with Crippen molar-refractivity contribution in [1.82, 2.24) is 4.98 Å². The summed E-state index contributed by atoms with van der Waals surface area (Å²) in [5.41, 5.74) is 1.55. The number of para-hydroxylation sites is 1. The predicted octanol–water partition coefficient (Wildman–Crippen LogP) is 3.48. The summed E-state index contributed by atoms with van der Waals surface area (Å²) in [5.74, 6) is 0. The van der Waals surface area contributed by atoms with Crippen molar-refractivity contribution >= 4 is 15.7 Å². The summed E-state index contributed by atoms with van der Waals surface area (Å²) in [5, 5.41) is 0. The molecule has 1 heterocycles. The van der Waals surface area contributed by atoms with Gasteiger partial charge in [0, 0.05) is 12.4 Å². The maximum absolute atomic E-state index is 13.0. The van der Waals surface area contributed by atoms with Gasteiger partial charge in [0.15, 0.2) is 0 Å². The molecule has 0 N–H and O–H groups in total. The second-order valence-corrected chi connectivity index (χ2v) is 6.88. The number of pyridine rings is 1. The average molecular weight is 324 g/mol. The molecule has 3 rings (SSSR count). The van der Waals surface area contributed by atoms with Crippen molar-refractivity contribution in [1.29, 1.82) is 0 Å². The van der Waals surface area contributed by atoms with Crippen molar-refractivity contribution in [2.45, 2.75) is 11.4 Å². The summed E-state index contributed by atoms with van der Waals surface area (Å²) in [4.78, 5) is 4.11. The van der Waals surface area contributed by atoms with E-state index in [1.165, 1.54) is 10.5 Å². The van der Waals surface area contributed by atoms with E-state index in [2.05, 4.69) is 4.98 Å². The Morgan fingerprint density at radius 1 is 0.826 bits per heavy atom. The highest BCUT2D eigenvalue weighted by Gasteiger charge is 2.25. The summed E-state index contributed by atoms with van der Waals surface area (Å²) >= 11 is 0. The topological polar surface area (TPSA) is 50.3 Å². The Morgan fingerprint density at radius 3 is 2.09 bits per heavy atom. The molecule has 0 saturated carbocycles. The Bertz CT molecular complexity index is 851. The zero-order valence-electron chi connectivity index (χ0n) is 12.4. The number of rotatable bonds is 5. The van der Waals surface area contributed by atoms with Gasteiger partial charge in [0.1, 0.15) is 4.90 Å². The zero-order valence-corrected chi connectivity index (χ0v) is 13.2. The molecule has 116 valence electrons. The highest BCUT2D eigenvalue weighted by atomic mass is 32.2. The maximum Gasteiger partial charge on any atom is 0.266 e. The Hall–Kier alpha value is -2.66. The fourth-order valence-electron chi connectivity index (χ4n) is 2.29. The summed E-state index contributed by atoms with van der Waals surface area (Å²) in [7, 11) is -3.68. The van der Waals surface area contributed by atoms with Crippen LogP contribution in [0.3, 0.4) is 0 Å². The number of hydrogen-bond donors (Lipinski definition) is 0. The molecule has 0 atom stereocenters. The number of hydrogen-bond acceptors (Lipinski definition) is 3. The van der Waals surface area contributed by atoms with Gasteiger partial charge < -0.3 is 0 Å². The van der Waals surface area contributed by atoms with Crippen molar-refractivity contribution in [2.75, 3.05) is 4.31 Å². The van der Waals surface area contributed by atoms with Crippen LogP contribution in [0.2, 0.25) is 0 Å². The average Bonchev–Trinajstić information content (AvgIpc) is 2.62. The number of sulfonamides is 1. The van der Waals surface area contributed by atoms with Gasteiger partial charge in [-0.1, -0.05) is 48.5 Å². The quantitative estimate of drug-likeness (QED) is 0.722. The molecule has 0 amide bonds. The fraction of sp³-hybridized carbons (Fsp3) is 0.0556. The van der Waals surface area contributed by atoms with E-state index in [1.54, 1.807) is 30.5 Å². The van der Waals surface area contributed by atoms with Crippen LogP contribution in [-0.4, -0.2) is 13.4 Å². The Balaban J connectivity index is 2.05. The van der Waals surface area contributed by atoms with Crippen LogP contribution in [0.15, 0.2) is 90.1 Å². The summed E-state index contributed by atoms with van der Waals surface area (Å²) < 4.78 is 27.4. The standard InChI is InChI=1S/C18H16N2O2S/c21-23(22,18-12-7-13-19-14-18)20(17-10-5-2-6-11-17)15-16-8-3-1-4-9-16/h1-14H,15H2. The third kappa shape index (κ3) is 3.40. The van der Waals surface area contributed by atoms with Gasteiger partial charge in [0.05, 0.1) is 12.2 Å². The molecule has 0 spiro atoms. The highest BCUT2D eigenvalue weighted by molar-refractivity contribution is 7.92. The minimum absolute atomic E-state index is 0.180. The third-order valence-corrected chi connectivity index (χ3v) is 5.19. The lowest BCUT2D eigenvalue weighted by atomic mass is 10.2. The van der Waals surface area contributed by atoms with E-state index in [4.69, 9.17) is 0 Å². The molecule has 23 heavy (non-hydrogen) atoms. The Morgan fingerprint density at radius 2 is 1.48 bits per heavy atom. The van der Waals surface area contributed by atoms with Crippen molar-refractivity contribution < 1.29 is 8.42 Å². The minimum atomic E-state index is -3.68. The smallest absolute Gasteiger partial charge is 0.263 e. The number of benzene rings is 2. The second-order valence-electron chi connectivity index (χ2n) is 5.02. The number of nitrogens with zero attached hydrogens (tertiary/aromatic N) is 2. The highest BCUT2D eigenvalue weighted by Crippen LogP contribution is 2.25. The van der Waals surface area contributed by atoms with Gasteiger partial charge in [-0.3, -0.25) is 9.29 Å². The first-order chi connectivity index (χ1) is 11.2. The molecule has 0 aliphatic rings. The summed E-state index contributed by atoms with van der Waals surface area (Å²) in [6.07, 6.45) is 2.93. The maximum atomic E-state index is 13.0. The molecule has 0 aliphatic heterocycles. The van der Waals surface area contributed by atoms with Gasteiger partial charge in [-0.2, -0.15) is 0 Å². The van der Waals surface area contributed by atoms with E-state index >= 15 is 0 Å². The van der Waals surface area contributed by atoms with Crippen LogP contribution in [0.25, 0.3) is 0 Å². The van der Waals surface area contributed by atoms with E-state index < -0.39 is 10.0 Å². The second kappa shape index (κ2) is 6.62. The van der Waals surface area contributed by atoms with E-state index in [9.17, 15) is 8.42 Å². The van der Waals surface area contributed by atoms with Crippen LogP contribution >= 0.6 is 0 Å². The SMILES string of the molecule is O=S(=O)(c1cccnc1)N(Cc1ccccc1)c1ccccc1. The van der Waals surface area contributed by atoms with Gasteiger partial charge in [-0.05, 0) is 29.8 Å². The van der Waals surface area contributed by atoms with Crippen molar-refractivity contribution in [3.63, 3.8) is 0 Å². The van der Waals surface area contributed by atoms with Gasteiger partial charge in [0.25, 0.3) is 10.0 Å². The van der Waals surface area contributed by atoms with Crippen LogP contribution in [0, 0.1) is 0 Å². The van der Waals surface area contributed by atoms with Gasteiger partial charge >= 0.3 is 0 Å². The predicted molar refractivity (Wildman–Crippen MR) is 90.5 cm³/mol. The van der Waals surface area contributed by atoms with Crippen molar-refractivity contribution in [3.05, 3.63) is 90.8 Å². The number of aromatic nitrogens is 1. The zero-order chi connectivity index (χ0) is 16.1. The minimum Gasteiger partial charge on any atom is -0.263 e. The largest absolute Gasteiger partial charge is 0.266 e. The molecule has 0 saturated heterocycles. The number of anilines is 1. The van der Waals surface area contributed by atoms with Crippen molar-refractivity contribution in [3.8, 4) is 0 Å². The summed E-state index contributed by atoms with van der Waals surface area (Å²) in [6.45, 7) is 0.266. The van der Waals surface area contributed by atoms with Crippen LogP contribution in [-0.2, 0) is 16.6 Å². The molecule has 3 aromatic rings. The van der Waals surface area contributed by atoms with E-state index in [0.717, 1.165) is 5.56 Å². The molecule has 0 bridgehead atoms. The van der Waals surface area contributed by atoms with Crippen LogP contribution in [0.1, 0.15) is 5.56 Å². The molecule has 0 radical (unpaired) electrons. The van der Waals surface area contributed by atoms with Gasteiger partial charge in [-0.15, -0.1) is 0 Å². The molecule has 4 nitrogen and oxygen atoms in total.